The van der Waals surface area contributed by atoms with Gasteiger partial charge in [-0.05, 0) is 0 Å². The third-order valence-corrected chi connectivity index (χ3v) is 2.20. The van der Waals surface area contributed by atoms with Crippen LogP contribution in [0.15, 0.2) is 0 Å². The molecule has 0 radical (unpaired) electrons. The molecule has 16 heavy (non-hydrogen) atoms. The number of hydrogen-bond acceptors (Lipinski definition) is 1. The largest absolute Gasteiger partial charge is 0.383 e. The van der Waals surface area contributed by atoms with E-state index < -0.39 is 35.4 Å². The Bertz CT molecular complexity index is 339. The van der Waals surface area contributed by atoms with E-state index in [0.29, 0.717) is 0 Å². The van der Waals surface area contributed by atoms with E-state index in [1.54, 1.807) is 0 Å². The average molecular weight is 257 g/mol. The van der Waals surface area contributed by atoms with E-state index >= 15 is 0 Å². The zero-order valence-electron chi connectivity index (χ0n) is 6.85. The van der Waals surface area contributed by atoms with Gasteiger partial charge in [0.15, 0.2) is 0 Å². The molecule has 1 aliphatic carbocycles. The maximum absolute atomic E-state index is 12.8. The Kier molecular flexibility index (Phi) is 2.08. The lowest BCUT2D eigenvalue weighted by molar-refractivity contribution is -0.303. The summed E-state index contributed by atoms with van der Waals surface area (Å²) in [7, 11) is 0. The van der Waals surface area contributed by atoms with Crippen LogP contribution in [0.5, 0.6) is 0 Å². The average Bonchev–Trinajstić information content (AvgIpc) is 2.18. The molecule has 0 aromatic heterocycles. The van der Waals surface area contributed by atoms with E-state index in [9.17, 15) is 39.5 Å². The molecule has 1 rings (SSSR count). The Labute approximate surface area is 81.4 Å². The van der Waals surface area contributed by atoms with Crippen molar-refractivity contribution in [3.63, 3.8) is 0 Å². The molecule has 0 aromatic rings. The summed E-state index contributed by atoms with van der Waals surface area (Å²) in [6, 6.07) is -0.495. The fourth-order valence-electron chi connectivity index (χ4n) is 1.16. The van der Waals surface area contributed by atoms with Gasteiger partial charge in [0.1, 0.15) is 6.07 Å². The Balaban J connectivity index is 3.67. The molecule has 0 amide bonds. The van der Waals surface area contributed by atoms with Crippen LogP contribution in [-0.2, 0) is 0 Å². The van der Waals surface area contributed by atoms with Crippen LogP contribution >= 0.6 is 0 Å². The lowest BCUT2D eigenvalue weighted by atomic mass is 9.99. The Morgan fingerprint density at radius 1 is 0.562 bits per heavy atom. The SMILES string of the molecule is N#CC1(F)C(F)(F)C(F)(F)C(F)(F)C1(F)F. The first-order chi connectivity index (χ1) is 6.81. The van der Waals surface area contributed by atoms with Crippen molar-refractivity contribution in [2.75, 3.05) is 0 Å². The first-order valence-electron chi connectivity index (χ1n) is 3.42. The minimum Gasteiger partial charge on any atom is -0.213 e. The minimum atomic E-state index is -6.66. The summed E-state index contributed by atoms with van der Waals surface area (Å²) in [6.45, 7) is 0. The van der Waals surface area contributed by atoms with Crippen molar-refractivity contribution >= 4 is 0 Å². The highest BCUT2D eigenvalue weighted by atomic mass is 19.4. The van der Waals surface area contributed by atoms with Crippen LogP contribution in [0.2, 0.25) is 0 Å². The van der Waals surface area contributed by atoms with Crippen molar-refractivity contribution in [1.82, 2.24) is 0 Å². The van der Waals surface area contributed by atoms with E-state index in [4.69, 9.17) is 5.26 Å². The molecule has 0 N–H and O–H groups in total. The smallest absolute Gasteiger partial charge is 0.213 e. The van der Waals surface area contributed by atoms with Gasteiger partial charge in [-0.1, -0.05) is 0 Å². The van der Waals surface area contributed by atoms with Gasteiger partial charge in [-0.25, -0.2) is 4.39 Å². The predicted molar refractivity (Wildman–Crippen MR) is 29.2 cm³/mol. The van der Waals surface area contributed by atoms with Crippen molar-refractivity contribution in [2.24, 2.45) is 0 Å². The van der Waals surface area contributed by atoms with E-state index in [1.165, 1.54) is 0 Å². The van der Waals surface area contributed by atoms with Crippen molar-refractivity contribution in [3.8, 4) is 6.07 Å². The molecule has 1 aliphatic rings. The van der Waals surface area contributed by atoms with Crippen LogP contribution < -0.4 is 0 Å². The maximum Gasteiger partial charge on any atom is 0.383 e. The van der Waals surface area contributed by atoms with Crippen molar-refractivity contribution < 1.29 is 39.5 Å². The van der Waals surface area contributed by atoms with Gasteiger partial charge in [0.2, 0.25) is 0 Å². The Hall–Kier alpha value is -1.14. The summed E-state index contributed by atoms with van der Waals surface area (Å²) in [6.07, 6.45) is 0. The molecule has 1 nitrogen and oxygen atoms in total. The van der Waals surface area contributed by atoms with Gasteiger partial charge in [0, 0.05) is 0 Å². The normalized spacial score (nSPS) is 32.0. The number of hydrogen-bond donors (Lipinski definition) is 0. The fraction of sp³-hybridized carbons (Fsp3) is 0.833. The third kappa shape index (κ3) is 0.824. The molecule has 0 aliphatic heterocycles. The molecule has 1 saturated carbocycles. The standard InChI is InChI=1S/C6F9N/c7-2(1-16)3(8,9)5(12,13)6(14,15)4(2,10)11. The summed E-state index contributed by atoms with van der Waals surface area (Å²) in [4.78, 5) is 0. The van der Waals surface area contributed by atoms with Crippen LogP contribution in [0, 0.1) is 11.3 Å². The lowest BCUT2D eigenvalue weighted by Gasteiger charge is -2.23. The first kappa shape index (κ1) is 12.9. The highest BCUT2D eigenvalue weighted by Crippen LogP contribution is 2.68. The van der Waals surface area contributed by atoms with Gasteiger partial charge in [-0.15, -0.1) is 0 Å². The highest BCUT2D eigenvalue weighted by Gasteiger charge is 3.01. The number of halogens is 9. The molecule has 0 aromatic carbocycles. The second kappa shape index (κ2) is 2.57. The Morgan fingerprint density at radius 3 is 0.938 bits per heavy atom. The van der Waals surface area contributed by atoms with Crippen LogP contribution in [0.25, 0.3) is 0 Å². The minimum absolute atomic E-state index is 0.495. The van der Waals surface area contributed by atoms with Crippen molar-refractivity contribution in [1.29, 1.82) is 5.26 Å². The third-order valence-electron chi connectivity index (χ3n) is 2.20. The van der Waals surface area contributed by atoms with Gasteiger partial charge < -0.3 is 0 Å². The number of nitrogens with zero attached hydrogens (tertiary/aromatic N) is 1. The number of nitriles is 1. The predicted octanol–water partition coefficient (Wildman–Crippen LogP) is 2.77. The number of alkyl halides is 9. The van der Waals surface area contributed by atoms with Gasteiger partial charge in [0.25, 0.3) is 0 Å². The van der Waals surface area contributed by atoms with E-state index in [-0.39, 0.29) is 0 Å². The second-order valence-electron chi connectivity index (χ2n) is 3.07. The lowest BCUT2D eigenvalue weighted by Crippen LogP contribution is -2.53. The van der Waals surface area contributed by atoms with Gasteiger partial charge in [-0.2, -0.15) is 40.4 Å². The quantitative estimate of drug-likeness (QED) is 0.612. The summed E-state index contributed by atoms with van der Waals surface area (Å²) < 4.78 is 112. The van der Waals surface area contributed by atoms with Crippen LogP contribution in [-0.4, -0.2) is 29.4 Å². The van der Waals surface area contributed by atoms with Crippen LogP contribution in [0.4, 0.5) is 39.5 Å². The molecule has 0 unspecified atom stereocenters. The van der Waals surface area contributed by atoms with E-state index in [1.807, 2.05) is 0 Å². The summed E-state index contributed by atoms with van der Waals surface area (Å²) >= 11 is 0. The van der Waals surface area contributed by atoms with Crippen LogP contribution in [0.1, 0.15) is 0 Å². The summed E-state index contributed by atoms with van der Waals surface area (Å²) in [5.74, 6) is -26.3. The number of rotatable bonds is 0. The van der Waals surface area contributed by atoms with Crippen molar-refractivity contribution in [2.45, 2.75) is 29.4 Å². The summed E-state index contributed by atoms with van der Waals surface area (Å²) in [5, 5.41) is 7.71. The zero-order valence-corrected chi connectivity index (χ0v) is 6.85. The molecule has 0 saturated heterocycles. The van der Waals surface area contributed by atoms with Crippen LogP contribution in [0.3, 0.4) is 0 Å². The van der Waals surface area contributed by atoms with E-state index in [0.717, 1.165) is 0 Å². The summed E-state index contributed by atoms with van der Waals surface area (Å²) in [5.41, 5.74) is -5.97. The highest BCUT2D eigenvalue weighted by molar-refractivity contribution is 5.34. The fourth-order valence-corrected chi connectivity index (χ4v) is 1.16. The molecule has 0 spiro atoms. The molecule has 0 bridgehead atoms. The molecule has 0 atom stereocenters. The van der Waals surface area contributed by atoms with Gasteiger partial charge in [-0.3, -0.25) is 0 Å². The topological polar surface area (TPSA) is 23.8 Å². The first-order valence-corrected chi connectivity index (χ1v) is 3.42. The molecule has 0 heterocycles. The molecule has 10 heteroatoms. The van der Waals surface area contributed by atoms with Crippen molar-refractivity contribution in [3.05, 3.63) is 0 Å². The molecule has 92 valence electrons. The zero-order chi connectivity index (χ0) is 13.2. The van der Waals surface area contributed by atoms with Gasteiger partial charge in [0.05, 0.1) is 0 Å². The molecular formula is C6F9N. The molecule has 1 fully saturated rings. The van der Waals surface area contributed by atoms with Gasteiger partial charge >= 0.3 is 29.4 Å². The second-order valence-corrected chi connectivity index (χ2v) is 3.07. The Morgan fingerprint density at radius 2 is 0.812 bits per heavy atom. The van der Waals surface area contributed by atoms with E-state index in [2.05, 4.69) is 0 Å². The maximum atomic E-state index is 12.8. The monoisotopic (exact) mass is 257 g/mol. The molecular weight excluding hydrogens is 257 g/mol.